The fraction of sp³-hybridized carbons (Fsp3) is 0.130. The van der Waals surface area contributed by atoms with Gasteiger partial charge in [-0.2, -0.15) is 0 Å². The average Bonchev–Trinajstić information content (AvgIpc) is 2.78. The number of carbonyl (C=O) groups excluding carboxylic acids is 2. The highest BCUT2D eigenvalue weighted by Gasteiger charge is 2.12. The number of hydrogen-bond acceptors (Lipinski definition) is 4. The van der Waals surface area contributed by atoms with Gasteiger partial charge in [0.2, 0.25) is 0 Å². The molecule has 0 spiro atoms. The van der Waals surface area contributed by atoms with Gasteiger partial charge in [-0.3, -0.25) is 9.59 Å². The fourth-order valence-electron chi connectivity index (χ4n) is 2.80. The van der Waals surface area contributed by atoms with E-state index in [4.69, 9.17) is 9.47 Å². The molecule has 0 saturated heterocycles. The maximum atomic E-state index is 12.6. The van der Waals surface area contributed by atoms with E-state index in [1.165, 1.54) is 7.11 Å². The standard InChI is InChI=1S/C23H22N2O4/c1-28-20-12-11-19(14-21(20)29-2)25-23(27)18-10-6-9-17(13-18)22(26)24-15-16-7-4-3-5-8-16/h3-14H,15H2,1-2H3,(H,24,26)(H,25,27). The Labute approximate surface area is 169 Å². The van der Waals surface area contributed by atoms with Gasteiger partial charge in [-0.05, 0) is 35.9 Å². The zero-order chi connectivity index (χ0) is 20.6. The molecule has 0 aliphatic carbocycles. The lowest BCUT2D eigenvalue weighted by atomic mass is 10.1. The van der Waals surface area contributed by atoms with Crippen molar-refractivity contribution in [2.75, 3.05) is 19.5 Å². The van der Waals surface area contributed by atoms with Crippen molar-refractivity contribution in [3.05, 3.63) is 89.5 Å². The van der Waals surface area contributed by atoms with Crippen LogP contribution in [0.1, 0.15) is 26.3 Å². The summed E-state index contributed by atoms with van der Waals surface area (Å²) in [6, 6.07) is 21.3. The molecular formula is C23H22N2O4. The summed E-state index contributed by atoms with van der Waals surface area (Å²) in [5.74, 6) is 0.520. The van der Waals surface area contributed by atoms with E-state index in [1.54, 1.807) is 49.6 Å². The number of methoxy groups -OCH3 is 2. The Bertz CT molecular complexity index is 1000. The summed E-state index contributed by atoms with van der Waals surface area (Å²) in [6.45, 7) is 0.418. The smallest absolute Gasteiger partial charge is 0.255 e. The molecule has 0 atom stereocenters. The summed E-state index contributed by atoms with van der Waals surface area (Å²) in [5.41, 5.74) is 2.36. The van der Waals surface area contributed by atoms with Gasteiger partial charge in [-0.15, -0.1) is 0 Å². The molecule has 0 bridgehead atoms. The minimum Gasteiger partial charge on any atom is -0.493 e. The van der Waals surface area contributed by atoms with E-state index in [2.05, 4.69) is 10.6 Å². The molecule has 0 aromatic heterocycles. The largest absolute Gasteiger partial charge is 0.493 e. The maximum Gasteiger partial charge on any atom is 0.255 e. The molecule has 148 valence electrons. The van der Waals surface area contributed by atoms with Crippen LogP contribution in [0, 0.1) is 0 Å². The van der Waals surface area contributed by atoms with Crippen molar-refractivity contribution in [3.63, 3.8) is 0 Å². The van der Waals surface area contributed by atoms with E-state index in [0.29, 0.717) is 34.9 Å². The van der Waals surface area contributed by atoms with Crippen molar-refractivity contribution < 1.29 is 19.1 Å². The molecule has 3 aromatic carbocycles. The Hall–Kier alpha value is -3.80. The van der Waals surface area contributed by atoms with Gasteiger partial charge in [-0.1, -0.05) is 36.4 Å². The molecule has 0 saturated carbocycles. The Kier molecular flexibility index (Phi) is 6.47. The molecule has 0 radical (unpaired) electrons. The van der Waals surface area contributed by atoms with E-state index in [0.717, 1.165) is 5.56 Å². The topological polar surface area (TPSA) is 76.7 Å². The molecule has 3 aromatic rings. The predicted molar refractivity (Wildman–Crippen MR) is 112 cm³/mol. The molecule has 0 unspecified atom stereocenters. The van der Waals surface area contributed by atoms with Crippen molar-refractivity contribution in [1.82, 2.24) is 5.32 Å². The van der Waals surface area contributed by atoms with E-state index in [-0.39, 0.29) is 11.8 Å². The lowest BCUT2D eigenvalue weighted by molar-refractivity contribution is 0.0951. The molecule has 2 amide bonds. The number of nitrogens with one attached hydrogen (secondary N) is 2. The first-order chi connectivity index (χ1) is 14.1. The van der Waals surface area contributed by atoms with Gasteiger partial charge in [0.1, 0.15) is 0 Å². The van der Waals surface area contributed by atoms with Crippen LogP contribution in [0.2, 0.25) is 0 Å². The number of ether oxygens (including phenoxy) is 2. The Morgan fingerprint density at radius 1 is 0.759 bits per heavy atom. The second-order valence-corrected chi connectivity index (χ2v) is 6.27. The lowest BCUT2D eigenvalue weighted by Crippen LogP contribution is -2.23. The molecular weight excluding hydrogens is 368 g/mol. The lowest BCUT2D eigenvalue weighted by Gasteiger charge is -2.11. The third-order valence-electron chi connectivity index (χ3n) is 4.32. The Morgan fingerprint density at radius 3 is 2.14 bits per heavy atom. The van der Waals surface area contributed by atoms with E-state index < -0.39 is 0 Å². The summed E-state index contributed by atoms with van der Waals surface area (Å²) in [4.78, 5) is 25.0. The number of benzene rings is 3. The second-order valence-electron chi connectivity index (χ2n) is 6.27. The third-order valence-corrected chi connectivity index (χ3v) is 4.32. The highest BCUT2D eigenvalue weighted by molar-refractivity contribution is 6.06. The number of hydrogen-bond donors (Lipinski definition) is 2. The van der Waals surface area contributed by atoms with Crippen LogP contribution in [-0.4, -0.2) is 26.0 Å². The van der Waals surface area contributed by atoms with E-state index in [9.17, 15) is 9.59 Å². The van der Waals surface area contributed by atoms with Crippen molar-refractivity contribution in [2.45, 2.75) is 6.54 Å². The molecule has 0 aliphatic rings. The van der Waals surface area contributed by atoms with Crippen LogP contribution in [-0.2, 0) is 6.54 Å². The summed E-state index contributed by atoms with van der Waals surface area (Å²) >= 11 is 0. The number of amides is 2. The van der Waals surface area contributed by atoms with E-state index in [1.807, 2.05) is 30.3 Å². The number of rotatable bonds is 7. The first-order valence-corrected chi connectivity index (χ1v) is 9.06. The highest BCUT2D eigenvalue weighted by Crippen LogP contribution is 2.29. The van der Waals surface area contributed by atoms with Crippen LogP contribution in [0.4, 0.5) is 5.69 Å². The maximum absolute atomic E-state index is 12.6. The second kappa shape index (κ2) is 9.41. The van der Waals surface area contributed by atoms with Gasteiger partial charge in [-0.25, -0.2) is 0 Å². The predicted octanol–water partition coefficient (Wildman–Crippen LogP) is 3.89. The molecule has 0 heterocycles. The first kappa shape index (κ1) is 19.9. The van der Waals surface area contributed by atoms with E-state index >= 15 is 0 Å². The molecule has 29 heavy (non-hydrogen) atoms. The zero-order valence-electron chi connectivity index (χ0n) is 16.3. The van der Waals surface area contributed by atoms with Crippen LogP contribution in [0.5, 0.6) is 11.5 Å². The van der Waals surface area contributed by atoms with Gasteiger partial charge < -0.3 is 20.1 Å². The van der Waals surface area contributed by atoms with Crippen LogP contribution >= 0.6 is 0 Å². The van der Waals surface area contributed by atoms with Gasteiger partial charge >= 0.3 is 0 Å². The van der Waals surface area contributed by atoms with Gasteiger partial charge in [0, 0.05) is 29.4 Å². The van der Waals surface area contributed by atoms with Crippen molar-refractivity contribution in [3.8, 4) is 11.5 Å². The van der Waals surface area contributed by atoms with Crippen LogP contribution < -0.4 is 20.1 Å². The third kappa shape index (κ3) is 5.13. The minimum absolute atomic E-state index is 0.241. The first-order valence-electron chi connectivity index (χ1n) is 9.06. The van der Waals surface area contributed by atoms with Crippen LogP contribution in [0.3, 0.4) is 0 Å². The molecule has 0 aliphatic heterocycles. The van der Waals surface area contributed by atoms with Crippen LogP contribution in [0.25, 0.3) is 0 Å². The summed E-state index contributed by atoms with van der Waals surface area (Å²) in [6.07, 6.45) is 0. The van der Waals surface area contributed by atoms with Gasteiger partial charge in [0.15, 0.2) is 11.5 Å². The van der Waals surface area contributed by atoms with Crippen molar-refractivity contribution >= 4 is 17.5 Å². The Morgan fingerprint density at radius 2 is 1.45 bits per heavy atom. The van der Waals surface area contributed by atoms with Crippen molar-refractivity contribution in [2.24, 2.45) is 0 Å². The molecule has 3 rings (SSSR count). The monoisotopic (exact) mass is 390 g/mol. The number of carbonyl (C=O) groups is 2. The summed E-state index contributed by atoms with van der Waals surface area (Å²) in [5, 5.41) is 5.66. The quantitative estimate of drug-likeness (QED) is 0.642. The normalized spacial score (nSPS) is 10.1. The number of anilines is 1. The van der Waals surface area contributed by atoms with Crippen molar-refractivity contribution in [1.29, 1.82) is 0 Å². The van der Waals surface area contributed by atoms with Gasteiger partial charge in [0.25, 0.3) is 11.8 Å². The average molecular weight is 390 g/mol. The fourth-order valence-corrected chi connectivity index (χ4v) is 2.80. The zero-order valence-corrected chi connectivity index (χ0v) is 16.3. The SMILES string of the molecule is COc1ccc(NC(=O)c2cccc(C(=O)NCc3ccccc3)c2)cc1OC. The molecule has 6 nitrogen and oxygen atoms in total. The van der Waals surface area contributed by atoms with Crippen LogP contribution in [0.15, 0.2) is 72.8 Å². The molecule has 6 heteroatoms. The summed E-state index contributed by atoms with van der Waals surface area (Å²) < 4.78 is 10.4. The van der Waals surface area contributed by atoms with Gasteiger partial charge in [0.05, 0.1) is 14.2 Å². The molecule has 0 fully saturated rings. The summed E-state index contributed by atoms with van der Waals surface area (Å²) in [7, 11) is 3.07. The Balaban J connectivity index is 1.68. The highest BCUT2D eigenvalue weighted by atomic mass is 16.5. The molecule has 2 N–H and O–H groups in total. The minimum atomic E-state index is -0.324.